The molecule has 0 spiro atoms. The Morgan fingerprint density at radius 3 is 2.54 bits per heavy atom. The van der Waals surface area contributed by atoms with Gasteiger partial charge in [-0.3, -0.25) is 9.59 Å². The number of nitrogens with two attached hydrogens (primary N) is 1. The molecule has 0 unspecified atom stereocenters. The number of carbonyl (C=O) groups is 2. The maximum atomic E-state index is 13.0. The molecule has 122 valence electrons. The Labute approximate surface area is 141 Å². The van der Waals surface area contributed by atoms with Crippen LogP contribution in [-0.4, -0.2) is 18.4 Å². The van der Waals surface area contributed by atoms with E-state index in [1.54, 1.807) is 4.90 Å². The number of nitrogens with zero attached hydrogens (tertiary/aromatic N) is 1. The Balaban J connectivity index is 1.69. The van der Waals surface area contributed by atoms with Gasteiger partial charge in [0.1, 0.15) is 0 Å². The van der Waals surface area contributed by atoms with Gasteiger partial charge in [-0.15, -0.1) is 0 Å². The molecule has 0 saturated carbocycles. The van der Waals surface area contributed by atoms with Crippen LogP contribution in [0.15, 0.2) is 42.5 Å². The lowest BCUT2D eigenvalue weighted by Crippen LogP contribution is -2.33. The fourth-order valence-corrected chi connectivity index (χ4v) is 3.87. The van der Waals surface area contributed by atoms with Gasteiger partial charge in [-0.1, -0.05) is 24.3 Å². The number of benzene rings is 2. The fourth-order valence-electron chi connectivity index (χ4n) is 3.87. The fraction of sp³-hybridized carbons (Fsp3) is 0.300. The van der Waals surface area contributed by atoms with E-state index < -0.39 is 5.92 Å². The van der Waals surface area contributed by atoms with Crippen LogP contribution in [0.4, 0.5) is 5.69 Å². The van der Waals surface area contributed by atoms with Crippen molar-refractivity contribution < 1.29 is 9.59 Å². The van der Waals surface area contributed by atoms with Gasteiger partial charge >= 0.3 is 0 Å². The first-order valence-corrected chi connectivity index (χ1v) is 8.47. The Hall–Kier alpha value is -2.62. The molecule has 0 bridgehead atoms. The van der Waals surface area contributed by atoms with Crippen LogP contribution in [-0.2, 0) is 17.6 Å². The second-order valence-corrected chi connectivity index (χ2v) is 6.62. The standard InChI is InChI=1S/C20H20N2O2/c21-19(23)17-12-22(18-8-4-3-7-16(17)18)20(24)15-10-9-13-5-1-2-6-14(13)11-15/h3-4,7-11,17H,1-2,5-6,12H2,(H2,21,23)/t17-/m0/s1. The molecule has 0 aromatic heterocycles. The number of anilines is 1. The van der Waals surface area contributed by atoms with Crippen molar-refractivity contribution in [3.8, 4) is 0 Å². The summed E-state index contributed by atoms with van der Waals surface area (Å²) >= 11 is 0. The highest BCUT2D eigenvalue weighted by Crippen LogP contribution is 2.37. The number of carbonyl (C=O) groups excluding carboxylic acids is 2. The molecule has 1 aliphatic heterocycles. The van der Waals surface area contributed by atoms with Gasteiger partial charge in [-0.05, 0) is 60.6 Å². The van der Waals surface area contributed by atoms with E-state index in [1.165, 1.54) is 24.0 Å². The van der Waals surface area contributed by atoms with E-state index in [0.29, 0.717) is 12.1 Å². The number of aryl methyl sites for hydroxylation is 2. The smallest absolute Gasteiger partial charge is 0.258 e. The highest BCUT2D eigenvalue weighted by Gasteiger charge is 2.35. The van der Waals surface area contributed by atoms with E-state index in [-0.39, 0.29) is 11.8 Å². The summed E-state index contributed by atoms with van der Waals surface area (Å²) in [6.45, 7) is 0.324. The number of hydrogen-bond donors (Lipinski definition) is 1. The van der Waals surface area contributed by atoms with Crippen molar-refractivity contribution in [1.82, 2.24) is 0 Å². The molecule has 4 heteroatoms. The largest absolute Gasteiger partial charge is 0.369 e. The van der Waals surface area contributed by atoms with Gasteiger partial charge in [0.05, 0.1) is 5.92 Å². The zero-order valence-corrected chi connectivity index (χ0v) is 13.5. The minimum atomic E-state index is -0.428. The number of primary amides is 1. The lowest BCUT2D eigenvalue weighted by molar-refractivity contribution is -0.119. The molecular formula is C20H20N2O2. The summed E-state index contributed by atoms with van der Waals surface area (Å²) in [5.74, 6) is -0.870. The van der Waals surface area contributed by atoms with E-state index in [4.69, 9.17) is 5.73 Å². The molecule has 1 heterocycles. The van der Waals surface area contributed by atoms with Crippen molar-refractivity contribution in [2.24, 2.45) is 5.73 Å². The maximum Gasteiger partial charge on any atom is 0.258 e. The Morgan fingerprint density at radius 1 is 1.00 bits per heavy atom. The van der Waals surface area contributed by atoms with Gasteiger partial charge in [0.2, 0.25) is 5.91 Å². The lowest BCUT2D eigenvalue weighted by Gasteiger charge is -2.20. The third kappa shape index (κ3) is 2.39. The molecule has 1 aliphatic carbocycles. The van der Waals surface area contributed by atoms with Crippen LogP contribution >= 0.6 is 0 Å². The normalized spacial score (nSPS) is 18.8. The number of hydrogen-bond acceptors (Lipinski definition) is 2. The Bertz CT molecular complexity index is 828. The van der Waals surface area contributed by atoms with Crippen LogP contribution in [0.2, 0.25) is 0 Å². The topological polar surface area (TPSA) is 63.4 Å². The third-order valence-electron chi connectivity index (χ3n) is 5.15. The molecule has 4 nitrogen and oxygen atoms in total. The number of rotatable bonds is 2. The third-order valence-corrected chi connectivity index (χ3v) is 5.15. The molecule has 4 rings (SSSR count). The van der Waals surface area contributed by atoms with Gasteiger partial charge in [-0.2, -0.15) is 0 Å². The summed E-state index contributed by atoms with van der Waals surface area (Å²) in [7, 11) is 0. The molecule has 2 amide bonds. The molecule has 0 saturated heterocycles. The van der Waals surface area contributed by atoms with E-state index in [2.05, 4.69) is 6.07 Å². The molecule has 0 fully saturated rings. The Kier molecular flexibility index (Phi) is 3.60. The van der Waals surface area contributed by atoms with Crippen LogP contribution in [0.5, 0.6) is 0 Å². The minimum Gasteiger partial charge on any atom is -0.369 e. The number of amides is 2. The molecule has 2 aromatic carbocycles. The van der Waals surface area contributed by atoms with Crippen LogP contribution in [0, 0.1) is 0 Å². The average molecular weight is 320 g/mol. The molecule has 24 heavy (non-hydrogen) atoms. The molecular weight excluding hydrogens is 300 g/mol. The summed E-state index contributed by atoms with van der Waals surface area (Å²) in [4.78, 5) is 26.5. The van der Waals surface area contributed by atoms with Gasteiger partial charge in [-0.25, -0.2) is 0 Å². The summed E-state index contributed by atoms with van der Waals surface area (Å²) < 4.78 is 0. The Morgan fingerprint density at radius 2 is 1.75 bits per heavy atom. The SMILES string of the molecule is NC(=O)[C@H]1CN(C(=O)c2ccc3c(c2)CCCC3)c2ccccc21. The van der Waals surface area contributed by atoms with Crippen molar-refractivity contribution in [3.63, 3.8) is 0 Å². The summed E-state index contributed by atoms with van der Waals surface area (Å²) in [6.07, 6.45) is 4.54. The molecule has 2 N–H and O–H groups in total. The second kappa shape index (κ2) is 5.78. The molecule has 2 aromatic rings. The van der Waals surface area contributed by atoms with Crippen molar-refractivity contribution in [2.75, 3.05) is 11.4 Å². The summed E-state index contributed by atoms with van der Waals surface area (Å²) in [5, 5.41) is 0. The van der Waals surface area contributed by atoms with Gasteiger partial charge in [0.25, 0.3) is 5.91 Å². The lowest BCUT2D eigenvalue weighted by atomic mass is 9.90. The van der Waals surface area contributed by atoms with Gasteiger partial charge in [0.15, 0.2) is 0 Å². The minimum absolute atomic E-state index is 0.0560. The summed E-state index contributed by atoms with van der Waals surface area (Å²) in [5.41, 5.74) is 10.5. The first kappa shape index (κ1) is 14.9. The first-order valence-electron chi connectivity index (χ1n) is 8.47. The van der Waals surface area contributed by atoms with Crippen molar-refractivity contribution in [3.05, 3.63) is 64.7 Å². The monoisotopic (exact) mass is 320 g/mol. The zero-order valence-electron chi connectivity index (χ0n) is 13.5. The summed E-state index contributed by atoms with van der Waals surface area (Å²) in [6, 6.07) is 13.5. The van der Waals surface area contributed by atoms with E-state index in [1.807, 2.05) is 36.4 Å². The van der Waals surface area contributed by atoms with Crippen LogP contribution in [0.3, 0.4) is 0 Å². The second-order valence-electron chi connectivity index (χ2n) is 6.62. The average Bonchev–Trinajstić information content (AvgIpc) is 3.00. The molecule has 2 aliphatic rings. The van der Waals surface area contributed by atoms with Crippen LogP contribution in [0.25, 0.3) is 0 Å². The van der Waals surface area contributed by atoms with Crippen LogP contribution < -0.4 is 10.6 Å². The molecule has 1 atom stereocenters. The van der Waals surface area contributed by atoms with Crippen LogP contribution in [0.1, 0.15) is 45.8 Å². The molecule has 0 radical (unpaired) electrons. The number of fused-ring (bicyclic) bond motifs is 2. The quantitative estimate of drug-likeness (QED) is 0.925. The van der Waals surface area contributed by atoms with Gasteiger partial charge in [0, 0.05) is 17.8 Å². The first-order chi connectivity index (χ1) is 11.6. The van der Waals surface area contributed by atoms with Crippen molar-refractivity contribution in [2.45, 2.75) is 31.6 Å². The predicted octanol–water partition coefficient (Wildman–Crippen LogP) is 2.79. The van der Waals surface area contributed by atoms with E-state index in [0.717, 1.165) is 24.1 Å². The predicted molar refractivity (Wildman–Crippen MR) is 93.1 cm³/mol. The van der Waals surface area contributed by atoms with Gasteiger partial charge < -0.3 is 10.6 Å². The van der Waals surface area contributed by atoms with Crippen molar-refractivity contribution >= 4 is 17.5 Å². The highest BCUT2D eigenvalue weighted by atomic mass is 16.2. The van der Waals surface area contributed by atoms with E-state index in [9.17, 15) is 9.59 Å². The highest BCUT2D eigenvalue weighted by molar-refractivity contribution is 6.09. The zero-order chi connectivity index (χ0) is 16.7. The maximum absolute atomic E-state index is 13.0. The van der Waals surface area contributed by atoms with E-state index >= 15 is 0 Å². The van der Waals surface area contributed by atoms with Crippen molar-refractivity contribution in [1.29, 1.82) is 0 Å². The number of para-hydroxylation sites is 1.